The lowest BCUT2D eigenvalue weighted by Gasteiger charge is -2.12. The standard InChI is InChI=1S/C22H12ClF6N3O/c23-15-9-18-17(8-14(15)21(24,25)26)32-20(33)10-16(31-18)13-3-1-2-11(6-13)12-4-5-30-19(7-12)22(27,28)29/h1-9H,10H2,(H,32,33). The first-order chi connectivity index (χ1) is 15.4. The Balaban J connectivity index is 1.77. The Hall–Kier alpha value is -3.40. The zero-order valence-electron chi connectivity index (χ0n) is 16.4. The lowest BCUT2D eigenvalue weighted by atomic mass is 9.99. The van der Waals surface area contributed by atoms with Crippen molar-refractivity contribution in [3.05, 3.63) is 76.6 Å². The number of nitrogens with zero attached hydrogens (tertiary/aromatic N) is 2. The van der Waals surface area contributed by atoms with Crippen LogP contribution < -0.4 is 5.32 Å². The van der Waals surface area contributed by atoms with Crippen LogP contribution in [0.4, 0.5) is 37.7 Å². The minimum atomic E-state index is -4.72. The molecule has 1 aliphatic heterocycles. The number of hydrogen-bond acceptors (Lipinski definition) is 3. The van der Waals surface area contributed by atoms with Crippen LogP contribution in [-0.2, 0) is 17.1 Å². The summed E-state index contributed by atoms with van der Waals surface area (Å²) in [5.74, 6) is -0.600. The number of pyridine rings is 1. The Morgan fingerprint density at radius 1 is 0.879 bits per heavy atom. The molecule has 11 heteroatoms. The smallest absolute Gasteiger partial charge is 0.324 e. The minimum absolute atomic E-state index is 0.0301. The van der Waals surface area contributed by atoms with E-state index in [9.17, 15) is 31.1 Å². The number of carbonyl (C=O) groups excluding carboxylic acids is 1. The van der Waals surface area contributed by atoms with Crippen LogP contribution in [0.25, 0.3) is 11.1 Å². The molecule has 1 aliphatic rings. The number of amides is 1. The van der Waals surface area contributed by atoms with Crippen LogP contribution in [0.1, 0.15) is 23.2 Å². The molecule has 0 unspecified atom stereocenters. The van der Waals surface area contributed by atoms with Crippen molar-refractivity contribution < 1.29 is 31.1 Å². The number of alkyl halides is 6. The second-order valence-corrected chi connectivity index (χ2v) is 7.55. The van der Waals surface area contributed by atoms with Gasteiger partial charge in [-0.3, -0.25) is 14.8 Å². The Kier molecular flexibility index (Phi) is 5.65. The van der Waals surface area contributed by atoms with Crippen molar-refractivity contribution in [1.82, 2.24) is 4.98 Å². The Labute approximate surface area is 187 Å². The molecule has 0 saturated heterocycles. The summed E-state index contributed by atoms with van der Waals surface area (Å²) in [6.45, 7) is 0. The normalized spacial score (nSPS) is 14.3. The maximum absolute atomic E-state index is 13.2. The number of rotatable bonds is 2. The molecule has 4 rings (SSSR count). The number of fused-ring (bicyclic) bond motifs is 1. The van der Waals surface area contributed by atoms with Crippen LogP contribution in [0.2, 0.25) is 5.02 Å². The fraction of sp³-hybridized carbons (Fsp3) is 0.136. The van der Waals surface area contributed by atoms with Crippen LogP contribution in [0.5, 0.6) is 0 Å². The third-order valence-electron chi connectivity index (χ3n) is 4.83. The second-order valence-electron chi connectivity index (χ2n) is 7.14. The van der Waals surface area contributed by atoms with Gasteiger partial charge in [0.25, 0.3) is 0 Å². The molecule has 1 amide bonds. The number of carbonyl (C=O) groups is 1. The quantitative estimate of drug-likeness (QED) is 0.403. The first-order valence-corrected chi connectivity index (χ1v) is 9.72. The summed E-state index contributed by atoms with van der Waals surface area (Å²) in [4.78, 5) is 20.0. The minimum Gasteiger partial charge on any atom is -0.324 e. The molecule has 170 valence electrons. The number of aliphatic imine (C=N–C) groups is 1. The maximum atomic E-state index is 13.2. The highest BCUT2D eigenvalue weighted by atomic mass is 35.5. The Morgan fingerprint density at radius 3 is 2.27 bits per heavy atom. The predicted molar refractivity (Wildman–Crippen MR) is 111 cm³/mol. The van der Waals surface area contributed by atoms with Crippen molar-refractivity contribution in [3.8, 4) is 11.1 Å². The lowest BCUT2D eigenvalue weighted by molar-refractivity contribution is -0.141. The van der Waals surface area contributed by atoms with Crippen molar-refractivity contribution in [2.24, 2.45) is 4.99 Å². The van der Waals surface area contributed by atoms with Crippen LogP contribution in [0.3, 0.4) is 0 Å². The molecule has 0 bridgehead atoms. The highest BCUT2D eigenvalue weighted by molar-refractivity contribution is 6.32. The van der Waals surface area contributed by atoms with Gasteiger partial charge < -0.3 is 5.32 Å². The molecule has 0 radical (unpaired) electrons. The van der Waals surface area contributed by atoms with Gasteiger partial charge in [-0.2, -0.15) is 26.3 Å². The number of aromatic nitrogens is 1. The highest BCUT2D eigenvalue weighted by Gasteiger charge is 2.35. The maximum Gasteiger partial charge on any atom is 0.433 e. The summed E-state index contributed by atoms with van der Waals surface area (Å²) in [7, 11) is 0. The Bertz CT molecular complexity index is 1280. The summed E-state index contributed by atoms with van der Waals surface area (Å²) < 4.78 is 78.5. The SMILES string of the molecule is O=C1CC(c2cccc(-c3ccnc(C(F)(F)F)c3)c2)=Nc2cc(Cl)c(C(F)(F)F)cc2N1. The predicted octanol–water partition coefficient (Wildman–Crippen LogP) is 6.90. The van der Waals surface area contributed by atoms with Crippen molar-refractivity contribution in [3.63, 3.8) is 0 Å². The van der Waals surface area contributed by atoms with Crippen molar-refractivity contribution in [1.29, 1.82) is 0 Å². The van der Waals surface area contributed by atoms with E-state index in [0.29, 0.717) is 17.2 Å². The molecule has 0 saturated carbocycles. The largest absolute Gasteiger partial charge is 0.433 e. The number of anilines is 1. The molecule has 1 N–H and O–H groups in total. The number of benzene rings is 2. The molecule has 0 atom stereocenters. The molecule has 0 aliphatic carbocycles. The molecule has 2 aromatic carbocycles. The average molecular weight is 484 g/mol. The van der Waals surface area contributed by atoms with Gasteiger partial charge >= 0.3 is 12.4 Å². The molecule has 2 heterocycles. The Morgan fingerprint density at radius 2 is 1.58 bits per heavy atom. The zero-order valence-corrected chi connectivity index (χ0v) is 17.1. The molecular weight excluding hydrogens is 472 g/mol. The van der Waals surface area contributed by atoms with E-state index in [0.717, 1.165) is 18.3 Å². The summed E-state index contributed by atoms with van der Waals surface area (Å²) >= 11 is 5.79. The van der Waals surface area contributed by atoms with Gasteiger partial charge in [-0.25, -0.2) is 0 Å². The van der Waals surface area contributed by atoms with E-state index < -0.39 is 34.5 Å². The van der Waals surface area contributed by atoms with Gasteiger partial charge in [0, 0.05) is 6.20 Å². The van der Waals surface area contributed by atoms with Crippen LogP contribution in [0.15, 0.2) is 59.7 Å². The highest BCUT2D eigenvalue weighted by Crippen LogP contribution is 2.41. The molecule has 0 fully saturated rings. The lowest BCUT2D eigenvalue weighted by Crippen LogP contribution is -2.15. The van der Waals surface area contributed by atoms with Gasteiger partial charge in [0.05, 0.1) is 34.1 Å². The molecule has 3 aromatic rings. The summed E-state index contributed by atoms with van der Waals surface area (Å²) in [6, 6.07) is 10.3. The van der Waals surface area contributed by atoms with Gasteiger partial charge in [0.15, 0.2) is 0 Å². The zero-order chi connectivity index (χ0) is 24.0. The van der Waals surface area contributed by atoms with Gasteiger partial charge in [-0.15, -0.1) is 0 Å². The number of nitrogens with one attached hydrogen (secondary N) is 1. The number of hydrogen-bond donors (Lipinski definition) is 1. The summed E-state index contributed by atoms with van der Waals surface area (Å²) in [6.07, 6.45) is -8.56. The molecule has 4 nitrogen and oxygen atoms in total. The first kappa shape index (κ1) is 22.8. The summed E-state index contributed by atoms with van der Waals surface area (Å²) in [5.41, 5.74) is -0.988. The van der Waals surface area contributed by atoms with Gasteiger partial charge in [-0.05, 0) is 47.0 Å². The fourth-order valence-corrected chi connectivity index (χ4v) is 3.58. The fourth-order valence-electron chi connectivity index (χ4n) is 3.31. The van der Waals surface area contributed by atoms with Crippen molar-refractivity contribution in [2.75, 3.05) is 5.32 Å². The second kappa shape index (κ2) is 8.18. The first-order valence-electron chi connectivity index (χ1n) is 9.34. The monoisotopic (exact) mass is 483 g/mol. The van der Waals surface area contributed by atoms with Gasteiger partial charge in [-0.1, -0.05) is 29.8 Å². The van der Waals surface area contributed by atoms with Crippen LogP contribution >= 0.6 is 11.6 Å². The van der Waals surface area contributed by atoms with E-state index in [1.807, 2.05) is 0 Å². The van der Waals surface area contributed by atoms with E-state index in [1.54, 1.807) is 18.2 Å². The molecule has 1 aromatic heterocycles. The van der Waals surface area contributed by atoms with Crippen molar-refractivity contribution in [2.45, 2.75) is 18.8 Å². The molecule has 33 heavy (non-hydrogen) atoms. The third kappa shape index (κ3) is 4.85. The number of halogens is 7. The molecular formula is C22H12ClF6N3O. The van der Waals surface area contributed by atoms with Crippen LogP contribution in [0, 0.1) is 0 Å². The van der Waals surface area contributed by atoms with Crippen molar-refractivity contribution >= 4 is 34.6 Å². The van der Waals surface area contributed by atoms with Crippen LogP contribution in [-0.4, -0.2) is 16.6 Å². The van der Waals surface area contributed by atoms with Gasteiger partial charge in [0.1, 0.15) is 5.69 Å². The van der Waals surface area contributed by atoms with E-state index in [-0.39, 0.29) is 29.1 Å². The van der Waals surface area contributed by atoms with E-state index in [4.69, 9.17) is 11.6 Å². The topological polar surface area (TPSA) is 54.4 Å². The van der Waals surface area contributed by atoms with E-state index in [2.05, 4.69) is 15.3 Å². The van der Waals surface area contributed by atoms with E-state index >= 15 is 0 Å². The van der Waals surface area contributed by atoms with E-state index in [1.165, 1.54) is 12.1 Å². The van der Waals surface area contributed by atoms with Gasteiger partial charge in [0.2, 0.25) is 5.91 Å². The third-order valence-corrected chi connectivity index (χ3v) is 5.14. The summed E-state index contributed by atoms with van der Waals surface area (Å²) in [5, 5.41) is 1.81. The average Bonchev–Trinajstić information content (AvgIpc) is 2.90. The molecule has 0 spiro atoms.